The fourth-order valence-electron chi connectivity index (χ4n) is 1.24. The van der Waals surface area contributed by atoms with Gasteiger partial charge < -0.3 is 10.7 Å². The number of nitrogens with two attached hydrogens (primary N) is 1. The van der Waals surface area contributed by atoms with Gasteiger partial charge in [-0.15, -0.1) is 11.3 Å². The average molecular weight is 178 g/mol. The van der Waals surface area contributed by atoms with E-state index >= 15 is 0 Å². The summed E-state index contributed by atoms with van der Waals surface area (Å²) in [7, 11) is 0. The third kappa shape index (κ3) is 1.17. The summed E-state index contributed by atoms with van der Waals surface area (Å²) in [6.45, 7) is 0.617. The van der Waals surface area contributed by atoms with Gasteiger partial charge >= 0.3 is 0 Å². The first-order chi connectivity index (χ1) is 5.92. The van der Waals surface area contributed by atoms with Crippen molar-refractivity contribution in [1.82, 2.24) is 4.98 Å². The number of thiophene rings is 1. The first-order valence-electron chi connectivity index (χ1n) is 3.82. The lowest BCUT2D eigenvalue weighted by atomic mass is 10.2. The Kier molecular flexibility index (Phi) is 1.98. The van der Waals surface area contributed by atoms with Crippen LogP contribution in [0.2, 0.25) is 0 Å². The maximum atomic E-state index is 5.60. The predicted molar refractivity (Wildman–Crippen MR) is 52.0 cm³/mol. The fraction of sp³-hybridized carbons (Fsp3) is 0.111. The van der Waals surface area contributed by atoms with E-state index in [0.717, 1.165) is 5.69 Å². The topological polar surface area (TPSA) is 41.8 Å². The monoisotopic (exact) mass is 178 g/mol. The molecule has 0 unspecified atom stereocenters. The van der Waals surface area contributed by atoms with Crippen LogP contribution < -0.4 is 5.73 Å². The van der Waals surface area contributed by atoms with Crippen LogP contribution in [-0.4, -0.2) is 4.98 Å². The Labute approximate surface area is 75.0 Å². The number of hydrogen-bond acceptors (Lipinski definition) is 2. The van der Waals surface area contributed by atoms with Crippen LogP contribution in [0.25, 0.3) is 11.3 Å². The molecule has 2 heterocycles. The normalized spacial score (nSPS) is 10.4. The Morgan fingerprint density at radius 3 is 3.00 bits per heavy atom. The Balaban J connectivity index is 2.46. The standard InChI is InChI=1S/C9H10N2S/c10-6-9-7(3-5-12-9)8-2-1-4-11-8/h1-5,11H,6,10H2. The van der Waals surface area contributed by atoms with Crippen molar-refractivity contribution in [2.75, 3.05) is 0 Å². The molecule has 0 spiro atoms. The Morgan fingerprint density at radius 1 is 1.42 bits per heavy atom. The summed E-state index contributed by atoms with van der Waals surface area (Å²) >= 11 is 1.70. The van der Waals surface area contributed by atoms with Gasteiger partial charge in [0, 0.05) is 28.9 Å². The van der Waals surface area contributed by atoms with Crippen molar-refractivity contribution in [2.24, 2.45) is 5.73 Å². The van der Waals surface area contributed by atoms with Crippen LogP contribution in [0, 0.1) is 0 Å². The van der Waals surface area contributed by atoms with E-state index in [-0.39, 0.29) is 0 Å². The lowest BCUT2D eigenvalue weighted by molar-refractivity contribution is 1.11. The molecule has 0 fully saturated rings. The van der Waals surface area contributed by atoms with Crippen molar-refractivity contribution in [2.45, 2.75) is 6.54 Å². The van der Waals surface area contributed by atoms with Crippen molar-refractivity contribution in [3.05, 3.63) is 34.7 Å². The Hall–Kier alpha value is -1.06. The molecular formula is C9H10N2S. The molecule has 3 heteroatoms. The minimum atomic E-state index is 0.617. The van der Waals surface area contributed by atoms with Gasteiger partial charge in [0.15, 0.2) is 0 Å². The minimum Gasteiger partial charge on any atom is -0.361 e. The molecule has 0 aliphatic heterocycles. The molecule has 0 amide bonds. The molecule has 2 rings (SSSR count). The maximum absolute atomic E-state index is 5.60. The van der Waals surface area contributed by atoms with E-state index < -0.39 is 0 Å². The second kappa shape index (κ2) is 3.13. The van der Waals surface area contributed by atoms with E-state index in [9.17, 15) is 0 Å². The van der Waals surface area contributed by atoms with Crippen molar-refractivity contribution < 1.29 is 0 Å². The second-order valence-corrected chi connectivity index (χ2v) is 3.55. The van der Waals surface area contributed by atoms with Crippen LogP contribution in [0.3, 0.4) is 0 Å². The Morgan fingerprint density at radius 2 is 2.33 bits per heavy atom. The highest BCUT2D eigenvalue weighted by Gasteiger charge is 2.04. The van der Waals surface area contributed by atoms with E-state index in [1.165, 1.54) is 10.4 Å². The van der Waals surface area contributed by atoms with Gasteiger partial charge in [-0.05, 0) is 23.6 Å². The van der Waals surface area contributed by atoms with Crippen LogP contribution in [0.4, 0.5) is 0 Å². The summed E-state index contributed by atoms with van der Waals surface area (Å²) in [5.41, 5.74) is 7.98. The summed E-state index contributed by atoms with van der Waals surface area (Å²) in [4.78, 5) is 4.40. The number of H-pyrrole nitrogens is 1. The summed E-state index contributed by atoms with van der Waals surface area (Å²) in [6, 6.07) is 6.15. The largest absolute Gasteiger partial charge is 0.361 e. The molecule has 0 radical (unpaired) electrons. The molecule has 3 N–H and O–H groups in total. The van der Waals surface area contributed by atoms with Crippen LogP contribution >= 0.6 is 11.3 Å². The Bertz CT molecular complexity index is 348. The van der Waals surface area contributed by atoms with Crippen molar-refractivity contribution in [1.29, 1.82) is 0 Å². The molecule has 0 aliphatic carbocycles. The highest BCUT2D eigenvalue weighted by atomic mass is 32.1. The van der Waals surface area contributed by atoms with Gasteiger partial charge in [0.25, 0.3) is 0 Å². The second-order valence-electron chi connectivity index (χ2n) is 2.55. The van der Waals surface area contributed by atoms with Crippen LogP contribution in [0.5, 0.6) is 0 Å². The lowest BCUT2D eigenvalue weighted by Crippen LogP contribution is -1.94. The molecule has 2 nitrogen and oxygen atoms in total. The molecule has 0 atom stereocenters. The summed E-state index contributed by atoms with van der Waals surface area (Å²) in [5, 5.41) is 2.07. The van der Waals surface area contributed by atoms with Gasteiger partial charge in [-0.3, -0.25) is 0 Å². The number of rotatable bonds is 2. The third-order valence-corrected chi connectivity index (χ3v) is 2.76. The molecule has 12 heavy (non-hydrogen) atoms. The maximum Gasteiger partial charge on any atom is 0.0465 e. The van der Waals surface area contributed by atoms with Crippen molar-refractivity contribution >= 4 is 11.3 Å². The van der Waals surface area contributed by atoms with E-state index in [4.69, 9.17) is 5.73 Å². The third-order valence-electron chi connectivity index (χ3n) is 1.82. The molecular weight excluding hydrogens is 168 g/mol. The molecule has 2 aromatic heterocycles. The van der Waals surface area contributed by atoms with E-state index in [1.54, 1.807) is 11.3 Å². The van der Waals surface area contributed by atoms with Crippen LogP contribution in [-0.2, 0) is 6.54 Å². The van der Waals surface area contributed by atoms with E-state index in [2.05, 4.69) is 22.5 Å². The highest BCUT2D eigenvalue weighted by Crippen LogP contribution is 2.26. The first kappa shape index (κ1) is 7.58. The van der Waals surface area contributed by atoms with Gasteiger partial charge in [0.05, 0.1) is 0 Å². The van der Waals surface area contributed by atoms with Crippen molar-refractivity contribution in [3.8, 4) is 11.3 Å². The zero-order valence-electron chi connectivity index (χ0n) is 6.58. The predicted octanol–water partition coefficient (Wildman–Crippen LogP) is 2.20. The molecule has 0 aromatic carbocycles. The van der Waals surface area contributed by atoms with Gasteiger partial charge in [0.1, 0.15) is 0 Å². The van der Waals surface area contributed by atoms with E-state index in [0.29, 0.717) is 6.54 Å². The zero-order valence-corrected chi connectivity index (χ0v) is 7.40. The quantitative estimate of drug-likeness (QED) is 0.727. The molecule has 0 aliphatic rings. The van der Waals surface area contributed by atoms with Gasteiger partial charge in [0.2, 0.25) is 0 Å². The molecule has 0 saturated carbocycles. The molecule has 0 saturated heterocycles. The molecule has 62 valence electrons. The summed E-state index contributed by atoms with van der Waals surface area (Å²) in [6.07, 6.45) is 1.92. The number of nitrogens with one attached hydrogen (secondary N) is 1. The van der Waals surface area contributed by atoms with Crippen LogP contribution in [0.15, 0.2) is 29.8 Å². The SMILES string of the molecule is NCc1sccc1-c1ccc[nH]1. The average Bonchev–Trinajstić information content (AvgIpc) is 2.74. The number of aromatic amines is 1. The fourth-order valence-corrected chi connectivity index (χ4v) is 2.01. The first-order valence-corrected chi connectivity index (χ1v) is 4.70. The molecule has 0 bridgehead atoms. The molecule has 2 aromatic rings. The lowest BCUT2D eigenvalue weighted by Gasteiger charge is -1.96. The van der Waals surface area contributed by atoms with E-state index in [1.807, 2.05) is 12.3 Å². The highest BCUT2D eigenvalue weighted by molar-refractivity contribution is 7.10. The van der Waals surface area contributed by atoms with Gasteiger partial charge in [-0.1, -0.05) is 0 Å². The summed E-state index contributed by atoms with van der Waals surface area (Å²) in [5.74, 6) is 0. The number of aromatic nitrogens is 1. The number of hydrogen-bond donors (Lipinski definition) is 2. The zero-order chi connectivity index (χ0) is 8.39. The van der Waals surface area contributed by atoms with Crippen LogP contribution in [0.1, 0.15) is 4.88 Å². The van der Waals surface area contributed by atoms with Crippen molar-refractivity contribution in [3.63, 3.8) is 0 Å². The summed E-state index contributed by atoms with van der Waals surface area (Å²) < 4.78 is 0. The minimum absolute atomic E-state index is 0.617. The smallest absolute Gasteiger partial charge is 0.0465 e. The van der Waals surface area contributed by atoms with Gasteiger partial charge in [-0.25, -0.2) is 0 Å². The van der Waals surface area contributed by atoms with Gasteiger partial charge in [-0.2, -0.15) is 0 Å².